The first-order valence-electron chi connectivity index (χ1n) is 12.8. The fraction of sp³-hybridized carbons (Fsp3) is 0.0323. The summed E-state index contributed by atoms with van der Waals surface area (Å²) in [5.41, 5.74) is 1.16. The third-order valence-electron chi connectivity index (χ3n) is 5.91. The lowest BCUT2D eigenvalue weighted by molar-refractivity contribution is -0.384. The van der Waals surface area contributed by atoms with E-state index in [0.717, 1.165) is 0 Å². The summed E-state index contributed by atoms with van der Waals surface area (Å²) in [5.74, 6) is -2.69. The summed E-state index contributed by atoms with van der Waals surface area (Å²) in [5, 5.41) is 28.2. The Morgan fingerprint density at radius 3 is 2.18 bits per heavy atom. The summed E-state index contributed by atoms with van der Waals surface area (Å²) < 4.78 is 0. The Morgan fingerprint density at radius 1 is 0.864 bits per heavy atom. The monoisotopic (exact) mass is 630 g/mol. The Balaban J connectivity index is 1.42. The van der Waals surface area contributed by atoms with E-state index in [0.29, 0.717) is 21.7 Å². The molecule has 0 bridgehead atoms. The lowest BCUT2D eigenvalue weighted by atomic mass is 10.1. The molecule has 0 aliphatic heterocycles. The predicted molar refractivity (Wildman–Crippen MR) is 168 cm³/mol. The van der Waals surface area contributed by atoms with Crippen molar-refractivity contribution in [1.29, 1.82) is 0 Å². The number of hydrogen-bond donors (Lipinski definition) is 4. The number of benzene rings is 4. The van der Waals surface area contributed by atoms with Crippen LogP contribution in [0.2, 0.25) is 5.02 Å². The van der Waals surface area contributed by atoms with Crippen molar-refractivity contribution in [3.63, 3.8) is 0 Å². The summed E-state index contributed by atoms with van der Waals surface area (Å²) in [4.78, 5) is 60.8. The van der Waals surface area contributed by atoms with Crippen molar-refractivity contribution in [3.05, 3.63) is 135 Å². The van der Waals surface area contributed by atoms with Crippen molar-refractivity contribution in [2.75, 3.05) is 16.4 Å². The third-order valence-corrected chi connectivity index (χ3v) is 7.25. The number of hydrogen-bond acceptors (Lipinski definition) is 7. The fourth-order valence-electron chi connectivity index (χ4n) is 3.72. The Kier molecular flexibility index (Phi) is 10.5. The van der Waals surface area contributed by atoms with Crippen LogP contribution in [-0.4, -0.2) is 39.5 Å². The van der Waals surface area contributed by atoms with Gasteiger partial charge in [0.1, 0.15) is 5.70 Å². The molecule has 4 N–H and O–H groups in total. The molecule has 0 saturated carbocycles. The van der Waals surface area contributed by atoms with E-state index >= 15 is 0 Å². The minimum absolute atomic E-state index is 0.00692. The number of carboxylic acids is 1. The van der Waals surface area contributed by atoms with Gasteiger partial charge in [0.25, 0.3) is 17.5 Å². The second-order valence-electron chi connectivity index (χ2n) is 9.04. The number of aromatic carboxylic acids is 1. The maximum Gasteiger partial charge on any atom is 0.335 e. The van der Waals surface area contributed by atoms with E-state index in [9.17, 15) is 29.3 Å². The van der Waals surface area contributed by atoms with Gasteiger partial charge in [-0.3, -0.25) is 24.5 Å². The van der Waals surface area contributed by atoms with Gasteiger partial charge in [-0.2, -0.15) is 0 Å². The standard InChI is InChI=1S/C31H23ClN4O7S/c32-25-15-8-21(31(40)41)17-26(25)34-28(37)18-44-24-13-9-22(10-14-24)33-30(39)27(35-29(38)20-4-2-1-3-5-20)16-19-6-11-23(12-7-19)36(42)43/h1-17H,18H2,(H,33,39)(H,34,37)(H,35,38)(H,40,41)/b27-16-. The van der Waals surface area contributed by atoms with Gasteiger partial charge in [0.05, 0.1) is 26.9 Å². The van der Waals surface area contributed by atoms with Crippen LogP contribution in [0.25, 0.3) is 6.08 Å². The highest BCUT2D eigenvalue weighted by molar-refractivity contribution is 8.00. The van der Waals surface area contributed by atoms with Gasteiger partial charge in [-0.05, 0) is 78.4 Å². The average molecular weight is 631 g/mol. The molecule has 0 radical (unpaired) electrons. The van der Waals surface area contributed by atoms with Gasteiger partial charge in [-0.15, -0.1) is 11.8 Å². The smallest absolute Gasteiger partial charge is 0.335 e. The number of carbonyl (C=O) groups is 4. The van der Waals surface area contributed by atoms with Crippen molar-refractivity contribution in [2.45, 2.75) is 4.90 Å². The number of halogens is 1. The molecule has 222 valence electrons. The first kappa shape index (κ1) is 31.5. The quantitative estimate of drug-likeness (QED) is 0.0668. The zero-order valence-electron chi connectivity index (χ0n) is 22.7. The van der Waals surface area contributed by atoms with Crippen LogP contribution in [0.15, 0.2) is 108 Å². The van der Waals surface area contributed by atoms with Gasteiger partial charge in [0.2, 0.25) is 5.91 Å². The van der Waals surface area contributed by atoms with Gasteiger partial charge >= 0.3 is 5.97 Å². The first-order chi connectivity index (χ1) is 21.1. The number of amides is 3. The number of rotatable bonds is 11. The minimum Gasteiger partial charge on any atom is -0.478 e. The van der Waals surface area contributed by atoms with E-state index in [1.165, 1.54) is 60.3 Å². The highest BCUT2D eigenvalue weighted by atomic mass is 35.5. The summed E-state index contributed by atoms with van der Waals surface area (Å²) in [6.45, 7) is 0. The number of nitrogens with zero attached hydrogens (tertiary/aromatic N) is 1. The average Bonchev–Trinajstić information content (AvgIpc) is 3.02. The molecule has 0 spiro atoms. The molecule has 0 atom stereocenters. The van der Waals surface area contributed by atoms with Gasteiger partial charge in [-0.1, -0.05) is 29.8 Å². The van der Waals surface area contributed by atoms with Crippen LogP contribution in [-0.2, 0) is 9.59 Å². The summed E-state index contributed by atoms with van der Waals surface area (Å²) in [6.07, 6.45) is 1.40. The molecule has 0 saturated heterocycles. The van der Waals surface area contributed by atoms with Crippen LogP contribution in [0.1, 0.15) is 26.3 Å². The van der Waals surface area contributed by atoms with Crippen molar-refractivity contribution >= 4 is 70.2 Å². The van der Waals surface area contributed by atoms with E-state index in [-0.39, 0.29) is 33.4 Å². The Morgan fingerprint density at radius 2 is 1.55 bits per heavy atom. The predicted octanol–water partition coefficient (Wildman–Crippen LogP) is 6.09. The maximum atomic E-state index is 13.2. The SMILES string of the molecule is O=C(CSc1ccc(NC(=O)/C(=C/c2ccc([N+](=O)[O-])cc2)NC(=O)c2ccccc2)cc1)Nc1cc(C(=O)O)ccc1Cl. The van der Waals surface area contributed by atoms with Crippen LogP contribution in [0, 0.1) is 10.1 Å². The second-order valence-corrected chi connectivity index (χ2v) is 10.5. The van der Waals surface area contributed by atoms with E-state index in [1.807, 2.05) is 0 Å². The lowest BCUT2D eigenvalue weighted by Crippen LogP contribution is -2.30. The molecule has 0 unspecified atom stereocenters. The molecule has 0 fully saturated rings. The van der Waals surface area contributed by atoms with Gasteiger partial charge < -0.3 is 21.1 Å². The number of nitro benzene ring substituents is 1. The Bertz CT molecular complexity index is 1750. The second kappa shape index (κ2) is 14.6. The zero-order chi connectivity index (χ0) is 31.6. The largest absolute Gasteiger partial charge is 0.478 e. The topological polar surface area (TPSA) is 168 Å². The Hall–Kier alpha value is -5.46. The van der Waals surface area contributed by atoms with E-state index in [4.69, 9.17) is 16.7 Å². The number of anilines is 2. The Labute approximate surface area is 260 Å². The van der Waals surface area contributed by atoms with Crippen molar-refractivity contribution < 1.29 is 29.2 Å². The van der Waals surface area contributed by atoms with Crippen LogP contribution >= 0.6 is 23.4 Å². The number of carboxylic acid groups (broad SMARTS) is 1. The number of carbonyl (C=O) groups excluding carboxylic acids is 3. The van der Waals surface area contributed by atoms with Gasteiger partial charge in [-0.25, -0.2) is 4.79 Å². The van der Waals surface area contributed by atoms with E-state index in [1.54, 1.807) is 54.6 Å². The van der Waals surface area contributed by atoms with Crippen molar-refractivity contribution in [1.82, 2.24) is 5.32 Å². The summed E-state index contributed by atoms with van der Waals surface area (Å²) >= 11 is 7.27. The van der Waals surface area contributed by atoms with Crippen LogP contribution in [0.5, 0.6) is 0 Å². The first-order valence-corrected chi connectivity index (χ1v) is 14.1. The molecule has 4 aromatic carbocycles. The summed E-state index contributed by atoms with van der Waals surface area (Å²) in [6, 6.07) is 24.4. The number of nitro groups is 1. The molecule has 4 aromatic rings. The highest BCUT2D eigenvalue weighted by Gasteiger charge is 2.16. The fourth-order valence-corrected chi connectivity index (χ4v) is 4.59. The third kappa shape index (κ3) is 8.77. The number of thioether (sulfide) groups is 1. The normalized spacial score (nSPS) is 10.9. The molecule has 0 aliphatic carbocycles. The number of non-ortho nitro benzene ring substituents is 1. The molecule has 0 heterocycles. The summed E-state index contributed by atoms with van der Waals surface area (Å²) in [7, 11) is 0. The van der Waals surface area contributed by atoms with Crippen LogP contribution in [0.4, 0.5) is 17.1 Å². The molecule has 4 rings (SSSR count). The minimum atomic E-state index is -1.15. The molecule has 0 aromatic heterocycles. The van der Waals surface area contributed by atoms with E-state index < -0.39 is 28.6 Å². The number of nitrogens with one attached hydrogen (secondary N) is 3. The lowest BCUT2D eigenvalue weighted by Gasteiger charge is -2.12. The molecule has 11 nitrogen and oxygen atoms in total. The molecule has 3 amide bonds. The van der Waals surface area contributed by atoms with Gasteiger partial charge in [0.15, 0.2) is 0 Å². The molecule has 44 heavy (non-hydrogen) atoms. The zero-order valence-corrected chi connectivity index (χ0v) is 24.2. The molecular weight excluding hydrogens is 608 g/mol. The van der Waals surface area contributed by atoms with Crippen LogP contribution < -0.4 is 16.0 Å². The van der Waals surface area contributed by atoms with Gasteiger partial charge in [0, 0.05) is 28.3 Å². The molecule has 0 aliphatic rings. The van der Waals surface area contributed by atoms with Crippen LogP contribution in [0.3, 0.4) is 0 Å². The van der Waals surface area contributed by atoms with Crippen molar-refractivity contribution in [3.8, 4) is 0 Å². The maximum absolute atomic E-state index is 13.2. The molecule has 13 heteroatoms. The van der Waals surface area contributed by atoms with E-state index in [2.05, 4.69) is 16.0 Å². The highest BCUT2D eigenvalue weighted by Crippen LogP contribution is 2.25. The molecular formula is C31H23ClN4O7S. The van der Waals surface area contributed by atoms with Crippen molar-refractivity contribution in [2.24, 2.45) is 0 Å².